The lowest BCUT2D eigenvalue weighted by Gasteiger charge is -2.14. The van der Waals surface area contributed by atoms with Crippen molar-refractivity contribution >= 4 is 0 Å². The third-order valence-electron chi connectivity index (χ3n) is 3.97. The Bertz CT molecular complexity index is 429. The Balaban J connectivity index is 1.60. The average molecular weight is 261 g/mol. The molecule has 0 amide bonds. The second kappa shape index (κ2) is 5.93. The highest BCUT2D eigenvalue weighted by Gasteiger charge is 2.29. The van der Waals surface area contributed by atoms with Crippen LogP contribution in [0.3, 0.4) is 0 Å². The van der Waals surface area contributed by atoms with Crippen LogP contribution in [0.25, 0.3) is 0 Å². The van der Waals surface area contributed by atoms with Crippen LogP contribution in [-0.4, -0.2) is 26.4 Å². The molecule has 0 heterocycles. The normalized spacial score (nSPS) is 21.4. The number of nitrogens with one attached hydrogen (secondary N) is 1. The van der Waals surface area contributed by atoms with E-state index in [9.17, 15) is 0 Å². The van der Waals surface area contributed by atoms with Crippen molar-refractivity contribution < 1.29 is 9.47 Å². The molecule has 1 aromatic rings. The van der Waals surface area contributed by atoms with E-state index < -0.39 is 0 Å². The molecule has 3 rings (SSSR count). The molecule has 0 radical (unpaired) electrons. The van der Waals surface area contributed by atoms with Crippen LogP contribution in [0.2, 0.25) is 0 Å². The van der Waals surface area contributed by atoms with Gasteiger partial charge in [0.1, 0.15) is 5.75 Å². The van der Waals surface area contributed by atoms with Crippen molar-refractivity contribution in [3.63, 3.8) is 0 Å². The first kappa shape index (κ1) is 12.9. The molecule has 1 unspecified atom stereocenters. The zero-order chi connectivity index (χ0) is 13.1. The van der Waals surface area contributed by atoms with Crippen molar-refractivity contribution in [1.82, 2.24) is 5.32 Å². The summed E-state index contributed by atoms with van der Waals surface area (Å²) < 4.78 is 10.8. The molecule has 1 saturated carbocycles. The molecule has 19 heavy (non-hydrogen) atoms. The van der Waals surface area contributed by atoms with E-state index in [1.807, 2.05) is 0 Å². The summed E-state index contributed by atoms with van der Waals surface area (Å²) in [5, 5.41) is 3.74. The maximum atomic E-state index is 5.79. The lowest BCUT2D eigenvalue weighted by atomic mass is 10.1. The lowest BCUT2D eigenvalue weighted by Crippen LogP contribution is -2.21. The second-order valence-corrected chi connectivity index (χ2v) is 5.59. The van der Waals surface area contributed by atoms with Crippen LogP contribution in [0.1, 0.15) is 42.9 Å². The minimum Gasteiger partial charge on any atom is -0.493 e. The Labute approximate surface area is 115 Å². The van der Waals surface area contributed by atoms with Gasteiger partial charge in [-0.2, -0.15) is 0 Å². The molecule has 0 spiro atoms. The first-order valence-corrected chi connectivity index (χ1v) is 7.37. The molecule has 1 atom stereocenters. The van der Waals surface area contributed by atoms with Gasteiger partial charge < -0.3 is 14.8 Å². The number of ether oxygens (including phenoxy) is 2. The number of aryl methyl sites for hydroxylation is 1. The fourth-order valence-corrected chi connectivity index (χ4v) is 2.77. The third-order valence-corrected chi connectivity index (χ3v) is 3.97. The molecule has 2 aliphatic carbocycles. The van der Waals surface area contributed by atoms with E-state index >= 15 is 0 Å². The van der Waals surface area contributed by atoms with E-state index in [1.54, 1.807) is 7.11 Å². The second-order valence-electron chi connectivity index (χ2n) is 5.59. The molecule has 1 aromatic carbocycles. The molecule has 0 saturated heterocycles. The van der Waals surface area contributed by atoms with E-state index in [1.165, 1.54) is 36.8 Å². The van der Waals surface area contributed by atoms with Crippen molar-refractivity contribution in [1.29, 1.82) is 0 Å². The maximum absolute atomic E-state index is 5.79. The van der Waals surface area contributed by atoms with E-state index in [0.717, 1.165) is 31.4 Å². The topological polar surface area (TPSA) is 30.5 Å². The van der Waals surface area contributed by atoms with Gasteiger partial charge in [0.05, 0.1) is 6.61 Å². The molecule has 1 fully saturated rings. The minimum atomic E-state index is 0.546. The number of methoxy groups -OCH3 is 1. The summed E-state index contributed by atoms with van der Waals surface area (Å²) in [6.45, 7) is 1.49. The van der Waals surface area contributed by atoms with Gasteiger partial charge in [0.15, 0.2) is 0 Å². The van der Waals surface area contributed by atoms with Crippen LogP contribution < -0.4 is 10.1 Å². The zero-order valence-electron chi connectivity index (χ0n) is 11.7. The average Bonchev–Trinajstić information content (AvgIpc) is 3.16. The molecular weight excluding hydrogens is 238 g/mol. The van der Waals surface area contributed by atoms with Crippen molar-refractivity contribution in [2.45, 2.75) is 44.2 Å². The first-order valence-electron chi connectivity index (χ1n) is 7.37. The van der Waals surface area contributed by atoms with Crippen molar-refractivity contribution in [2.75, 3.05) is 20.3 Å². The van der Waals surface area contributed by atoms with Crippen molar-refractivity contribution in [3.05, 3.63) is 29.3 Å². The van der Waals surface area contributed by atoms with Crippen LogP contribution in [0, 0.1) is 0 Å². The van der Waals surface area contributed by atoms with Crippen LogP contribution in [0.15, 0.2) is 18.2 Å². The number of rotatable bonds is 7. The summed E-state index contributed by atoms with van der Waals surface area (Å²) >= 11 is 0. The molecule has 104 valence electrons. The highest BCUT2D eigenvalue weighted by Crippen LogP contribution is 2.36. The summed E-state index contributed by atoms with van der Waals surface area (Å²) in [6, 6.07) is 7.88. The number of hydrogen-bond acceptors (Lipinski definition) is 3. The molecular formula is C16H23NO2. The number of hydrogen-bond donors (Lipinski definition) is 1. The number of benzene rings is 1. The SMILES string of the molecule is COCCCOc1ccc2c(c1)C(NC1CC1)CC2. The van der Waals surface area contributed by atoms with Gasteiger partial charge in [-0.25, -0.2) is 0 Å². The van der Waals surface area contributed by atoms with Crippen LogP contribution in [0.5, 0.6) is 5.75 Å². The molecule has 1 N–H and O–H groups in total. The molecule has 0 aromatic heterocycles. The monoisotopic (exact) mass is 261 g/mol. The summed E-state index contributed by atoms with van der Waals surface area (Å²) in [7, 11) is 1.73. The predicted octanol–water partition coefficient (Wildman–Crippen LogP) is 2.84. The Morgan fingerprint density at radius 3 is 2.89 bits per heavy atom. The van der Waals surface area contributed by atoms with Crippen molar-refractivity contribution in [3.8, 4) is 5.75 Å². The fourth-order valence-electron chi connectivity index (χ4n) is 2.77. The Hall–Kier alpha value is -1.06. The first-order chi connectivity index (χ1) is 9.36. The van der Waals surface area contributed by atoms with Gasteiger partial charge in [-0.15, -0.1) is 0 Å². The third kappa shape index (κ3) is 3.28. The zero-order valence-corrected chi connectivity index (χ0v) is 11.7. The molecule has 3 heteroatoms. The highest BCUT2D eigenvalue weighted by atomic mass is 16.5. The van der Waals surface area contributed by atoms with Gasteiger partial charge in [0, 0.05) is 32.2 Å². The summed E-state index contributed by atoms with van der Waals surface area (Å²) in [5.41, 5.74) is 2.94. The summed E-state index contributed by atoms with van der Waals surface area (Å²) in [5.74, 6) is 0.999. The summed E-state index contributed by atoms with van der Waals surface area (Å²) in [4.78, 5) is 0. The minimum absolute atomic E-state index is 0.546. The van der Waals surface area contributed by atoms with Crippen LogP contribution in [0.4, 0.5) is 0 Å². The lowest BCUT2D eigenvalue weighted by molar-refractivity contribution is 0.172. The van der Waals surface area contributed by atoms with Gasteiger partial charge in [-0.05, 0) is 48.9 Å². The van der Waals surface area contributed by atoms with Gasteiger partial charge in [-0.3, -0.25) is 0 Å². The fraction of sp³-hybridized carbons (Fsp3) is 0.625. The largest absolute Gasteiger partial charge is 0.493 e. The Kier molecular flexibility index (Phi) is 4.04. The maximum Gasteiger partial charge on any atom is 0.119 e. The molecule has 2 aliphatic rings. The Morgan fingerprint density at radius 1 is 1.21 bits per heavy atom. The molecule has 0 bridgehead atoms. The summed E-state index contributed by atoms with van der Waals surface area (Å²) in [6.07, 6.45) is 6.07. The van der Waals surface area contributed by atoms with Crippen LogP contribution in [-0.2, 0) is 11.2 Å². The predicted molar refractivity (Wildman–Crippen MR) is 75.6 cm³/mol. The van der Waals surface area contributed by atoms with Gasteiger partial charge in [0.2, 0.25) is 0 Å². The molecule has 3 nitrogen and oxygen atoms in total. The van der Waals surface area contributed by atoms with Gasteiger partial charge >= 0.3 is 0 Å². The smallest absolute Gasteiger partial charge is 0.119 e. The quantitative estimate of drug-likeness (QED) is 0.766. The number of fused-ring (bicyclic) bond motifs is 1. The Morgan fingerprint density at radius 2 is 2.11 bits per heavy atom. The van der Waals surface area contributed by atoms with Gasteiger partial charge in [0.25, 0.3) is 0 Å². The van der Waals surface area contributed by atoms with E-state index in [0.29, 0.717) is 6.04 Å². The standard InChI is InChI=1S/C16H23NO2/c1-18-9-2-10-19-14-7-3-12-4-8-16(15(12)11-14)17-13-5-6-13/h3,7,11,13,16-17H,2,4-6,8-10H2,1H3. The van der Waals surface area contributed by atoms with Gasteiger partial charge in [-0.1, -0.05) is 6.07 Å². The molecule has 0 aliphatic heterocycles. The van der Waals surface area contributed by atoms with Crippen LogP contribution >= 0.6 is 0 Å². The van der Waals surface area contributed by atoms with E-state index in [4.69, 9.17) is 9.47 Å². The van der Waals surface area contributed by atoms with E-state index in [-0.39, 0.29) is 0 Å². The van der Waals surface area contributed by atoms with E-state index in [2.05, 4.69) is 23.5 Å². The van der Waals surface area contributed by atoms with Crippen molar-refractivity contribution in [2.24, 2.45) is 0 Å². The highest BCUT2D eigenvalue weighted by molar-refractivity contribution is 5.41.